The van der Waals surface area contributed by atoms with Crippen LogP contribution >= 0.6 is 11.6 Å². The van der Waals surface area contributed by atoms with Crippen LogP contribution in [-0.4, -0.2) is 40.4 Å². The van der Waals surface area contributed by atoms with Crippen LogP contribution < -0.4 is 10.2 Å². The molecule has 0 radical (unpaired) electrons. The molecule has 100 valence electrons. The molecule has 0 amide bonds. The number of halogens is 1. The van der Waals surface area contributed by atoms with E-state index in [-0.39, 0.29) is 0 Å². The van der Waals surface area contributed by atoms with Crippen LogP contribution in [0.1, 0.15) is 13.8 Å². The van der Waals surface area contributed by atoms with Crippen LogP contribution in [0.25, 0.3) is 10.8 Å². The second-order valence-corrected chi connectivity index (χ2v) is 5.40. The van der Waals surface area contributed by atoms with Crippen LogP contribution in [0.4, 0.5) is 5.82 Å². The second kappa shape index (κ2) is 4.90. The molecule has 1 saturated heterocycles. The smallest absolute Gasteiger partial charge is 0.161 e. The minimum Gasteiger partial charge on any atom is -0.349 e. The first-order valence-electron chi connectivity index (χ1n) is 6.42. The first-order chi connectivity index (χ1) is 9.16. The van der Waals surface area contributed by atoms with Gasteiger partial charge in [0.15, 0.2) is 11.0 Å². The van der Waals surface area contributed by atoms with Crippen LogP contribution in [0, 0.1) is 0 Å². The first kappa shape index (κ1) is 12.6. The van der Waals surface area contributed by atoms with Gasteiger partial charge in [0.2, 0.25) is 0 Å². The van der Waals surface area contributed by atoms with E-state index in [4.69, 9.17) is 11.6 Å². The minimum atomic E-state index is 0.370. The molecule has 0 bridgehead atoms. The normalized spacial score (nSPS) is 23.8. The lowest BCUT2D eigenvalue weighted by atomic mass is 10.1. The van der Waals surface area contributed by atoms with Crippen LogP contribution in [0.3, 0.4) is 0 Å². The summed E-state index contributed by atoms with van der Waals surface area (Å²) in [7, 11) is 0. The molecule has 1 aliphatic rings. The van der Waals surface area contributed by atoms with E-state index in [0.717, 1.165) is 29.7 Å². The molecule has 5 nitrogen and oxygen atoms in total. The SMILES string of the molecule is CC1CN(c2nnc(Cl)c3ccncc23)C(C)CN1. The number of piperazine rings is 1. The molecule has 3 heterocycles. The first-order valence-corrected chi connectivity index (χ1v) is 6.80. The summed E-state index contributed by atoms with van der Waals surface area (Å²) in [5.41, 5.74) is 0. The Morgan fingerprint density at radius 3 is 3.00 bits per heavy atom. The molecule has 19 heavy (non-hydrogen) atoms. The highest BCUT2D eigenvalue weighted by molar-refractivity contribution is 6.34. The van der Waals surface area contributed by atoms with E-state index in [0.29, 0.717) is 17.2 Å². The molecule has 0 aromatic carbocycles. The number of hydrogen-bond donors (Lipinski definition) is 1. The van der Waals surface area contributed by atoms with Crippen molar-refractivity contribution in [2.45, 2.75) is 25.9 Å². The third kappa shape index (κ3) is 2.24. The third-order valence-electron chi connectivity index (χ3n) is 3.55. The Morgan fingerprint density at radius 1 is 1.32 bits per heavy atom. The molecule has 2 aromatic heterocycles. The Labute approximate surface area is 117 Å². The fourth-order valence-corrected chi connectivity index (χ4v) is 2.68. The van der Waals surface area contributed by atoms with Gasteiger partial charge >= 0.3 is 0 Å². The molecule has 3 rings (SSSR count). The molecule has 1 fully saturated rings. The molecule has 1 aliphatic heterocycles. The summed E-state index contributed by atoms with van der Waals surface area (Å²) in [6.45, 7) is 6.19. The standard InChI is InChI=1S/C13H16ClN5/c1-8-7-19(9(2)5-16-8)13-11-6-15-4-3-10(11)12(14)17-18-13/h3-4,6,8-9,16H,5,7H2,1-2H3. The van der Waals surface area contributed by atoms with E-state index < -0.39 is 0 Å². The Bertz CT molecular complexity index is 603. The van der Waals surface area contributed by atoms with Gasteiger partial charge in [-0.05, 0) is 19.9 Å². The van der Waals surface area contributed by atoms with E-state index in [1.165, 1.54) is 0 Å². The van der Waals surface area contributed by atoms with Gasteiger partial charge < -0.3 is 10.2 Å². The topological polar surface area (TPSA) is 53.9 Å². The Morgan fingerprint density at radius 2 is 2.16 bits per heavy atom. The van der Waals surface area contributed by atoms with E-state index >= 15 is 0 Å². The highest BCUT2D eigenvalue weighted by Crippen LogP contribution is 2.29. The fourth-order valence-electron chi connectivity index (χ4n) is 2.48. The van der Waals surface area contributed by atoms with Crippen molar-refractivity contribution in [1.82, 2.24) is 20.5 Å². The van der Waals surface area contributed by atoms with Gasteiger partial charge in [-0.25, -0.2) is 0 Å². The van der Waals surface area contributed by atoms with Crippen LogP contribution in [0.2, 0.25) is 5.15 Å². The number of rotatable bonds is 1. The third-order valence-corrected chi connectivity index (χ3v) is 3.83. The van der Waals surface area contributed by atoms with Crippen molar-refractivity contribution >= 4 is 28.2 Å². The maximum Gasteiger partial charge on any atom is 0.161 e. The zero-order valence-electron chi connectivity index (χ0n) is 11.0. The average Bonchev–Trinajstić information content (AvgIpc) is 2.43. The van der Waals surface area contributed by atoms with Gasteiger partial charge in [-0.1, -0.05) is 11.6 Å². The lowest BCUT2D eigenvalue weighted by Crippen LogP contribution is -2.54. The number of fused-ring (bicyclic) bond motifs is 1. The summed E-state index contributed by atoms with van der Waals surface area (Å²) in [6, 6.07) is 2.68. The number of nitrogens with zero attached hydrogens (tertiary/aromatic N) is 4. The molecule has 1 N–H and O–H groups in total. The van der Waals surface area contributed by atoms with Crippen LogP contribution in [-0.2, 0) is 0 Å². The van der Waals surface area contributed by atoms with E-state index in [9.17, 15) is 0 Å². The quantitative estimate of drug-likeness (QED) is 0.862. The van der Waals surface area contributed by atoms with Gasteiger partial charge in [0.05, 0.1) is 0 Å². The highest BCUT2D eigenvalue weighted by Gasteiger charge is 2.25. The van der Waals surface area contributed by atoms with E-state index in [1.807, 2.05) is 12.3 Å². The molecule has 0 spiro atoms. The Hall–Kier alpha value is -1.46. The lowest BCUT2D eigenvalue weighted by molar-refractivity contribution is 0.422. The lowest BCUT2D eigenvalue weighted by Gasteiger charge is -2.38. The summed E-state index contributed by atoms with van der Waals surface area (Å²) in [4.78, 5) is 6.46. The van der Waals surface area contributed by atoms with Crippen LogP contribution in [0.15, 0.2) is 18.5 Å². The van der Waals surface area contributed by atoms with Gasteiger partial charge in [-0.3, -0.25) is 4.98 Å². The van der Waals surface area contributed by atoms with Gasteiger partial charge in [-0.2, -0.15) is 0 Å². The molecular weight excluding hydrogens is 262 g/mol. The highest BCUT2D eigenvalue weighted by atomic mass is 35.5. The Kier molecular flexibility index (Phi) is 3.24. The van der Waals surface area contributed by atoms with Gasteiger partial charge in [-0.15, -0.1) is 10.2 Å². The molecular formula is C13H16ClN5. The monoisotopic (exact) mass is 277 g/mol. The van der Waals surface area contributed by atoms with E-state index in [1.54, 1.807) is 6.20 Å². The number of aromatic nitrogens is 3. The molecule has 2 atom stereocenters. The summed E-state index contributed by atoms with van der Waals surface area (Å²) in [6.07, 6.45) is 3.54. The maximum absolute atomic E-state index is 6.10. The van der Waals surface area contributed by atoms with Crippen molar-refractivity contribution in [3.05, 3.63) is 23.6 Å². The molecule has 2 aromatic rings. The molecule has 0 saturated carbocycles. The second-order valence-electron chi connectivity index (χ2n) is 5.05. The van der Waals surface area contributed by atoms with Crippen molar-refractivity contribution in [3.63, 3.8) is 0 Å². The van der Waals surface area contributed by atoms with Crippen molar-refractivity contribution in [2.75, 3.05) is 18.0 Å². The van der Waals surface area contributed by atoms with Gasteiger partial charge in [0, 0.05) is 48.3 Å². The summed E-state index contributed by atoms with van der Waals surface area (Å²) in [5.74, 6) is 0.869. The van der Waals surface area contributed by atoms with Crippen LogP contribution in [0.5, 0.6) is 0 Å². The molecule has 0 aliphatic carbocycles. The van der Waals surface area contributed by atoms with Crippen molar-refractivity contribution in [1.29, 1.82) is 0 Å². The van der Waals surface area contributed by atoms with Crippen molar-refractivity contribution < 1.29 is 0 Å². The number of anilines is 1. The largest absolute Gasteiger partial charge is 0.349 e. The van der Waals surface area contributed by atoms with Gasteiger partial charge in [0.1, 0.15) is 0 Å². The molecule has 2 unspecified atom stereocenters. The number of hydrogen-bond acceptors (Lipinski definition) is 5. The number of nitrogens with one attached hydrogen (secondary N) is 1. The van der Waals surface area contributed by atoms with Gasteiger partial charge in [0.25, 0.3) is 0 Å². The minimum absolute atomic E-state index is 0.370. The summed E-state index contributed by atoms with van der Waals surface area (Å²) < 4.78 is 0. The van der Waals surface area contributed by atoms with E-state index in [2.05, 4.69) is 39.2 Å². The summed E-state index contributed by atoms with van der Waals surface area (Å²) >= 11 is 6.10. The number of pyridine rings is 1. The predicted octanol–water partition coefficient (Wildman–Crippen LogP) is 1.86. The Balaban J connectivity index is 2.12. The summed E-state index contributed by atoms with van der Waals surface area (Å²) in [5, 5.41) is 14.1. The maximum atomic E-state index is 6.10. The van der Waals surface area contributed by atoms with Crippen molar-refractivity contribution in [2.24, 2.45) is 0 Å². The van der Waals surface area contributed by atoms with Crippen molar-refractivity contribution in [3.8, 4) is 0 Å². The fraction of sp³-hybridized carbons (Fsp3) is 0.462. The molecule has 6 heteroatoms. The zero-order valence-corrected chi connectivity index (χ0v) is 11.7. The average molecular weight is 278 g/mol. The zero-order chi connectivity index (χ0) is 13.4. The predicted molar refractivity (Wildman–Crippen MR) is 76.6 cm³/mol.